The summed E-state index contributed by atoms with van der Waals surface area (Å²) in [5.74, 6) is 0.761. The Morgan fingerprint density at radius 1 is 1.27 bits per heavy atom. The Morgan fingerprint density at radius 2 is 2.07 bits per heavy atom. The Labute approximate surface area is 173 Å². The number of carbonyl (C=O) groups is 1. The molecular weight excluding hydrogens is 408 g/mol. The summed E-state index contributed by atoms with van der Waals surface area (Å²) in [7, 11) is -2.43. The number of aromatic nitrogens is 2. The monoisotopic (exact) mass is 428 g/mol. The molecule has 10 heteroatoms. The van der Waals surface area contributed by atoms with Crippen molar-refractivity contribution in [2.45, 2.75) is 6.42 Å². The third kappa shape index (κ3) is 3.74. The molecule has 0 saturated carbocycles. The first-order valence-corrected chi connectivity index (χ1v) is 10.6. The number of para-hydroxylation sites is 1. The number of fused-ring (bicyclic) bond motifs is 1. The summed E-state index contributed by atoms with van der Waals surface area (Å²) >= 11 is 0. The Balaban J connectivity index is 1.67. The van der Waals surface area contributed by atoms with Gasteiger partial charge in [-0.3, -0.25) is 0 Å². The van der Waals surface area contributed by atoms with Gasteiger partial charge in [-0.1, -0.05) is 24.3 Å². The third-order valence-corrected chi connectivity index (χ3v) is 6.45. The van der Waals surface area contributed by atoms with Gasteiger partial charge in [0.1, 0.15) is 11.4 Å². The fourth-order valence-electron chi connectivity index (χ4n) is 3.59. The number of hydrogen-bond donors (Lipinski definition) is 3. The molecule has 0 radical (unpaired) electrons. The SMILES string of the molecule is COc1ccccc1-c1ccnc2[nH]c(C3=CCN(S(=O)(=O)NC(=O)O)CC3)cc12. The summed E-state index contributed by atoms with van der Waals surface area (Å²) in [5.41, 5.74) is 4.44. The number of H-pyrrole nitrogens is 1. The molecule has 0 aliphatic carbocycles. The quantitative estimate of drug-likeness (QED) is 0.574. The first-order valence-electron chi connectivity index (χ1n) is 9.20. The molecule has 156 valence electrons. The molecule has 0 unspecified atom stereocenters. The van der Waals surface area contributed by atoms with Gasteiger partial charge >= 0.3 is 16.3 Å². The average Bonchev–Trinajstić information content (AvgIpc) is 3.17. The molecule has 1 aromatic carbocycles. The number of nitrogens with one attached hydrogen (secondary N) is 2. The van der Waals surface area contributed by atoms with Crippen LogP contribution in [0.4, 0.5) is 4.79 Å². The van der Waals surface area contributed by atoms with Crippen LogP contribution in [-0.2, 0) is 10.2 Å². The Kier molecular flexibility index (Phi) is 5.18. The molecule has 0 atom stereocenters. The van der Waals surface area contributed by atoms with Gasteiger partial charge in [0.25, 0.3) is 0 Å². The van der Waals surface area contributed by atoms with Crippen molar-refractivity contribution < 1.29 is 23.1 Å². The molecule has 1 amide bonds. The minimum absolute atomic E-state index is 0.0834. The second-order valence-corrected chi connectivity index (χ2v) is 8.42. The van der Waals surface area contributed by atoms with Crippen molar-refractivity contribution in [2.24, 2.45) is 0 Å². The van der Waals surface area contributed by atoms with Gasteiger partial charge in [0.15, 0.2) is 0 Å². The molecule has 0 saturated heterocycles. The van der Waals surface area contributed by atoms with Crippen molar-refractivity contribution in [3.63, 3.8) is 0 Å². The number of aromatic amines is 1. The first kappa shape index (κ1) is 19.9. The number of methoxy groups -OCH3 is 1. The minimum atomic E-state index is -4.06. The highest BCUT2D eigenvalue weighted by Gasteiger charge is 2.26. The normalized spacial score (nSPS) is 15.0. The molecule has 3 heterocycles. The molecule has 0 spiro atoms. The lowest BCUT2D eigenvalue weighted by molar-refractivity contribution is 0.200. The Hall–Kier alpha value is -3.37. The fraction of sp³-hybridized carbons (Fsp3) is 0.200. The van der Waals surface area contributed by atoms with E-state index in [1.54, 1.807) is 24.1 Å². The van der Waals surface area contributed by atoms with Crippen molar-refractivity contribution in [3.05, 3.63) is 54.4 Å². The molecule has 3 aromatic rings. The third-order valence-electron chi connectivity index (χ3n) is 5.00. The first-order chi connectivity index (χ1) is 14.4. The summed E-state index contributed by atoms with van der Waals surface area (Å²) in [6.45, 7) is 0.261. The van der Waals surface area contributed by atoms with E-state index >= 15 is 0 Å². The Morgan fingerprint density at radius 3 is 2.77 bits per heavy atom. The molecule has 2 aromatic heterocycles. The van der Waals surface area contributed by atoms with Gasteiger partial charge in [-0.15, -0.1) is 0 Å². The highest BCUT2D eigenvalue weighted by atomic mass is 32.2. The van der Waals surface area contributed by atoms with Crippen LogP contribution in [0.2, 0.25) is 0 Å². The number of nitrogens with zero attached hydrogens (tertiary/aromatic N) is 2. The van der Waals surface area contributed by atoms with Crippen molar-refractivity contribution in [1.29, 1.82) is 0 Å². The molecule has 9 nitrogen and oxygen atoms in total. The average molecular weight is 428 g/mol. The second-order valence-electron chi connectivity index (χ2n) is 6.75. The van der Waals surface area contributed by atoms with Crippen molar-refractivity contribution in [2.75, 3.05) is 20.2 Å². The van der Waals surface area contributed by atoms with Crippen LogP contribution < -0.4 is 9.46 Å². The van der Waals surface area contributed by atoms with Crippen LogP contribution in [0.15, 0.2) is 48.7 Å². The van der Waals surface area contributed by atoms with Gasteiger partial charge in [-0.05, 0) is 35.8 Å². The lowest BCUT2D eigenvalue weighted by Gasteiger charge is -2.24. The van der Waals surface area contributed by atoms with E-state index in [0.29, 0.717) is 6.42 Å². The number of ether oxygens (including phenoxy) is 1. The predicted molar refractivity (Wildman–Crippen MR) is 112 cm³/mol. The largest absolute Gasteiger partial charge is 0.496 e. The van der Waals surface area contributed by atoms with Gasteiger partial charge in [-0.2, -0.15) is 12.7 Å². The molecule has 4 rings (SSSR count). The van der Waals surface area contributed by atoms with Crippen molar-refractivity contribution in [3.8, 4) is 16.9 Å². The summed E-state index contributed by atoms with van der Waals surface area (Å²) in [6.07, 6.45) is 2.34. The fourth-order valence-corrected chi connectivity index (χ4v) is 4.54. The van der Waals surface area contributed by atoms with Gasteiger partial charge < -0.3 is 14.8 Å². The van der Waals surface area contributed by atoms with E-state index in [0.717, 1.165) is 43.5 Å². The number of amides is 1. The molecule has 1 aliphatic heterocycles. The van der Waals surface area contributed by atoms with E-state index < -0.39 is 16.3 Å². The molecular formula is C20H20N4O5S. The van der Waals surface area contributed by atoms with E-state index in [4.69, 9.17) is 9.84 Å². The van der Waals surface area contributed by atoms with Crippen LogP contribution in [0.25, 0.3) is 27.7 Å². The van der Waals surface area contributed by atoms with Crippen LogP contribution >= 0.6 is 0 Å². The van der Waals surface area contributed by atoms with E-state index in [2.05, 4.69) is 9.97 Å². The van der Waals surface area contributed by atoms with Gasteiger partial charge in [0.2, 0.25) is 0 Å². The number of carboxylic acid groups (broad SMARTS) is 1. The van der Waals surface area contributed by atoms with Gasteiger partial charge in [0.05, 0.1) is 7.11 Å². The van der Waals surface area contributed by atoms with Crippen LogP contribution in [-0.4, -0.2) is 54.1 Å². The highest BCUT2D eigenvalue weighted by Crippen LogP contribution is 2.36. The number of pyridine rings is 1. The van der Waals surface area contributed by atoms with Crippen molar-refractivity contribution >= 4 is 32.9 Å². The number of rotatable bonds is 5. The maximum absolute atomic E-state index is 12.0. The maximum Gasteiger partial charge on any atom is 0.419 e. The van der Waals surface area contributed by atoms with Gasteiger partial charge in [0, 0.05) is 35.9 Å². The molecule has 0 bridgehead atoms. The van der Waals surface area contributed by atoms with Crippen LogP contribution in [0.1, 0.15) is 12.1 Å². The predicted octanol–water partition coefficient (Wildman–Crippen LogP) is 2.84. The maximum atomic E-state index is 12.0. The summed E-state index contributed by atoms with van der Waals surface area (Å²) in [6, 6.07) is 11.7. The van der Waals surface area contributed by atoms with E-state index in [-0.39, 0.29) is 13.1 Å². The van der Waals surface area contributed by atoms with E-state index in [1.807, 2.05) is 36.4 Å². The van der Waals surface area contributed by atoms with E-state index in [1.165, 1.54) is 0 Å². The highest BCUT2D eigenvalue weighted by molar-refractivity contribution is 7.87. The molecule has 30 heavy (non-hydrogen) atoms. The summed E-state index contributed by atoms with van der Waals surface area (Å²) in [5, 5.41) is 9.63. The number of hydrogen-bond acceptors (Lipinski definition) is 5. The molecule has 0 fully saturated rings. The topological polar surface area (TPSA) is 125 Å². The van der Waals surface area contributed by atoms with Crippen LogP contribution in [0, 0.1) is 0 Å². The minimum Gasteiger partial charge on any atom is -0.496 e. The molecule has 1 aliphatic rings. The number of benzene rings is 1. The smallest absolute Gasteiger partial charge is 0.419 e. The van der Waals surface area contributed by atoms with Gasteiger partial charge in [-0.25, -0.2) is 14.5 Å². The van der Waals surface area contributed by atoms with Crippen LogP contribution in [0.5, 0.6) is 5.75 Å². The lowest BCUT2D eigenvalue weighted by atomic mass is 10.0. The lowest BCUT2D eigenvalue weighted by Crippen LogP contribution is -2.44. The standard InChI is InChI=1S/C20H20N4O5S/c1-29-18-5-3-2-4-15(18)14-6-9-21-19-16(14)12-17(22-19)13-7-10-24(11-8-13)30(27,28)23-20(25)26/h2-7,9,12,23H,8,10-11H2,1H3,(H,21,22)(H,25,26). The summed E-state index contributed by atoms with van der Waals surface area (Å²) in [4.78, 5) is 18.4. The zero-order valence-corrected chi connectivity index (χ0v) is 16.9. The van der Waals surface area contributed by atoms with Crippen molar-refractivity contribution in [1.82, 2.24) is 19.0 Å². The Bertz CT molecular complexity index is 1250. The summed E-state index contributed by atoms with van der Waals surface area (Å²) < 4.78 is 32.2. The van der Waals surface area contributed by atoms with Crippen LogP contribution in [0.3, 0.4) is 0 Å². The second kappa shape index (κ2) is 7.81. The molecule has 3 N–H and O–H groups in total. The zero-order valence-electron chi connectivity index (χ0n) is 16.1. The zero-order chi connectivity index (χ0) is 21.3. The van der Waals surface area contributed by atoms with E-state index in [9.17, 15) is 13.2 Å².